The normalized spacial score (nSPS) is 21.6. The van der Waals surface area contributed by atoms with Crippen molar-refractivity contribution < 1.29 is 4.74 Å². The monoisotopic (exact) mass is 437 g/mol. The number of halogens is 1. The van der Waals surface area contributed by atoms with Crippen LogP contribution in [0.4, 0.5) is 5.82 Å². The lowest BCUT2D eigenvalue weighted by atomic mass is 9.73. The smallest absolute Gasteiger partial charge is 0.223 e. The molecule has 0 bridgehead atoms. The van der Waals surface area contributed by atoms with Crippen LogP contribution in [0.2, 0.25) is 5.02 Å². The lowest BCUT2D eigenvalue weighted by Gasteiger charge is -2.42. The van der Waals surface area contributed by atoms with Crippen molar-refractivity contribution in [2.45, 2.75) is 31.7 Å². The zero-order valence-electron chi connectivity index (χ0n) is 17.8. The maximum Gasteiger partial charge on any atom is 0.223 e. The number of fused-ring (bicyclic) bond motifs is 1. The Labute approximate surface area is 188 Å². The molecule has 5 rings (SSSR count). The zero-order chi connectivity index (χ0) is 21.6. The van der Waals surface area contributed by atoms with Gasteiger partial charge < -0.3 is 20.8 Å². The lowest BCUT2D eigenvalue weighted by Crippen LogP contribution is -2.44. The van der Waals surface area contributed by atoms with E-state index in [-0.39, 0.29) is 11.5 Å². The molecule has 1 aliphatic carbocycles. The first-order valence-corrected chi connectivity index (χ1v) is 11.2. The van der Waals surface area contributed by atoms with E-state index in [1.54, 1.807) is 7.11 Å². The molecule has 1 aromatic heterocycles. The molecule has 31 heavy (non-hydrogen) atoms. The van der Waals surface area contributed by atoms with Gasteiger partial charge in [-0.3, -0.25) is 0 Å². The predicted octanol–water partition coefficient (Wildman–Crippen LogP) is 3.95. The fourth-order valence-corrected chi connectivity index (χ4v) is 5.55. The number of nitrogens with two attached hydrogens (primary N) is 1. The molecule has 1 saturated heterocycles. The fourth-order valence-electron chi connectivity index (χ4n) is 5.28. The highest BCUT2D eigenvalue weighted by Gasteiger charge is 2.46. The number of hydrazone groups is 1. The lowest BCUT2D eigenvalue weighted by molar-refractivity contribution is 0.187. The van der Waals surface area contributed by atoms with Crippen LogP contribution in [-0.2, 0) is 6.42 Å². The quantitative estimate of drug-likeness (QED) is 0.757. The van der Waals surface area contributed by atoms with Crippen LogP contribution in [0.15, 0.2) is 42.0 Å². The molecule has 1 aromatic carbocycles. The SMILES string of the molecule is C=C(C1=NNCC1)c1cc(Cl)c(N2CCC3(CC2)Cc2ccccc2[C@H]3N)nc1OC. The number of rotatable bonds is 4. The molecule has 3 N–H and O–H groups in total. The van der Waals surface area contributed by atoms with Gasteiger partial charge in [0.2, 0.25) is 5.88 Å². The first kappa shape index (κ1) is 20.3. The maximum absolute atomic E-state index is 6.72. The number of piperidine rings is 1. The maximum atomic E-state index is 6.72. The van der Waals surface area contributed by atoms with Gasteiger partial charge in [-0.1, -0.05) is 42.4 Å². The van der Waals surface area contributed by atoms with Crippen molar-refractivity contribution >= 4 is 28.7 Å². The van der Waals surface area contributed by atoms with Crippen LogP contribution in [0.25, 0.3) is 5.57 Å². The molecule has 6 nitrogen and oxygen atoms in total. The highest BCUT2D eigenvalue weighted by atomic mass is 35.5. The number of ether oxygens (including phenoxy) is 1. The molecule has 1 fully saturated rings. The summed E-state index contributed by atoms with van der Waals surface area (Å²) in [6, 6.07) is 10.6. The average Bonchev–Trinajstić information content (AvgIpc) is 3.42. The van der Waals surface area contributed by atoms with Gasteiger partial charge in [-0.2, -0.15) is 10.1 Å². The Balaban J connectivity index is 1.37. The summed E-state index contributed by atoms with van der Waals surface area (Å²) in [6.45, 7) is 6.75. The number of aromatic nitrogens is 1. The van der Waals surface area contributed by atoms with Gasteiger partial charge in [0.25, 0.3) is 0 Å². The number of allylic oxidation sites excluding steroid dienone is 1. The second-order valence-corrected chi connectivity index (χ2v) is 9.16. The molecular weight excluding hydrogens is 410 g/mol. The zero-order valence-corrected chi connectivity index (χ0v) is 18.6. The molecule has 162 valence electrons. The van der Waals surface area contributed by atoms with Gasteiger partial charge in [0.05, 0.1) is 17.8 Å². The van der Waals surface area contributed by atoms with Crippen molar-refractivity contribution in [2.24, 2.45) is 16.3 Å². The van der Waals surface area contributed by atoms with E-state index < -0.39 is 0 Å². The fraction of sp³-hybridized carbons (Fsp3) is 0.417. The van der Waals surface area contributed by atoms with Crippen LogP contribution in [0.1, 0.15) is 42.0 Å². The number of hydrogen-bond donors (Lipinski definition) is 2. The van der Waals surface area contributed by atoms with Crippen LogP contribution < -0.4 is 20.8 Å². The summed E-state index contributed by atoms with van der Waals surface area (Å²) in [6.07, 6.45) is 3.91. The van der Waals surface area contributed by atoms with Gasteiger partial charge in [-0.25, -0.2) is 0 Å². The molecule has 0 saturated carbocycles. The second-order valence-electron chi connectivity index (χ2n) is 8.75. The molecule has 0 unspecified atom stereocenters. The minimum Gasteiger partial charge on any atom is -0.480 e. The van der Waals surface area contributed by atoms with Crippen molar-refractivity contribution in [2.75, 3.05) is 31.6 Å². The minimum atomic E-state index is 0.0929. The summed E-state index contributed by atoms with van der Waals surface area (Å²) < 4.78 is 5.61. The van der Waals surface area contributed by atoms with Crippen molar-refractivity contribution in [1.29, 1.82) is 0 Å². The minimum absolute atomic E-state index is 0.0929. The van der Waals surface area contributed by atoms with Gasteiger partial charge in [-0.15, -0.1) is 0 Å². The molecule has 3 aliphatic rings. The number of nitrogens with zero attached hydrogens (tertiary/aromatic N) is 3. The number of anilines is 1. The van der Waals surface area contributed by atoms with Crippen LogP contribution >= 0.6 is 11.6 Å². The summed E-state index contributed by atoms with van der Waals surface area (Å²) in [7, 11) is 1.63. The number of benzene rings is 1. The number of hydrogen-bond acceptors (Lipinski definition) is 6. The summed E-state index contributed by atoms with van der Waals surface area (Å²) in [5, 5.41) is 4.92. The van der Waals surface area contributed by atoms with E-state index in [0.717, 1.165) is 68.0 Å². The standard InChI is InChI=1S/C24H28ClN5O/c1-15(20-7-10-27-29-20)18-13-19(25)22(28-23(18)31-2)30-11-8-24(9-12-30)14-16-5-3-4-6-17(16)21(24)26/h3-6,13,21,27H,1,7-12,14,26H2,2H3/t21-/m1/s1. The summed E-state index contributed by atoms with van der Waals surface area (Å²) in [5.74, 6) is 1.30. The van der Waals surface area contributed by atoms with E-state index in [0.29, 0.717) is 10.9 Å². The first-order chi connectivity index (χ1) is 15.0. The van der Waals surface area contributed by atoms with E-state index in [4.69, 9.17) is 27.1 Å². The summed E-state index contributed by atoms with van der Waals surface area (Å²) in [5.41, 5.74) is 15.0. The van der Waals surface area contributed by atoms with Gasteiger partial charge >= 0.3 is 0 Å². The molecule has 7 heteroatoms. The molecule has 2 aliphatic heterocycles. The summed E-state index contributed by atoms with van der Waals surface area (Å²) in [4.78, 5) is 7.04. The Hall–Kier alpha value is -2.57. The molecule has 2 aromatic rings. The van der Waals surface area contributed by atoms with E-state index in [2.05, 4.69) is 46.3 Å². The van der Waals surface area contributed by atoms with Crippen LogP contribution in [0.3, 0.4) is 0 Å². The Bertz CT molecular complexity index is 1060. The Kier molecular flexibility index (Phi) is 5.15. The van der Waals surface area contributed by atoms with Crippen molar-refractivity contribution in [3.8, 4) is 5.88 Å². The van der Waals surface area contributed by atoms with Crippen LogP contribution in [-0.4, -0.2) is 37.4 Å². The van der Waals surface area contributed by atoms with Crippen molar-refractivity contribution in [3.63, 3.8) is 0 Å². The Morgan fingerprint density at radius 2 is 2.10 bits per heavy atom. The third-order valence-corrected chi connectivity index (χ3v) is 7.41. The Morgan fingerprint density at radius 1 is 1.32 bits per heavy atom. The highest BCUT2D eigenvalue weighted by Crippen LogP contribution is 2.51. The van der Waals surface area contributed by atoms with E-state index in [9.17, 15) is 0 Å². The topological polar surface area (TPSA) is 75.8 Å². The largest absolute Gasteiger partial charge is 0.480 e. The van der Waals surface area contributed by atoms with E-state index >= 15 is 0 Å². The molecular formula is C24H28ClN5O. The molecule has 1 spiro atoms. The van der Waals surface area contributed by atoms with Gasteiger partial charge in [0.1, 0.15) is 0 Å². The third kappa shape index (κ3) is 3.38. The highest BCUT2D eigenvalue weighted by molar-refractivity contribution is 6.33. The first-order valence-electron chi connectivity index (χ1n) is 10.8. The average molecular weight is 438 g/mol. The number of methoxy groups -OCH3 is 1. The van der Waals surface area contributed by atoms with Crippen LogP contribution in [0, 0.1) is 5.41 Å². The molecule has 3 heterocycles. The number of nitrogens with one attached hydrogen (secondary N) is 1. The predicted molar refractivity (Wildman–Crippen MR) is 126 cm³/mol. The molecule has 0 amide bonds. The van der Waals surface area contributed by atoms with Gasteiger partial charge in [0.15, 0.2) is 5.82 Å². The van der Waals surface area contributed by atoms with E-state index in [1.165, 1.54) is 11.1 Å². The van der Waals surface area contributed by atoms with Crippen LogP contribution in [0.5, 0.6) is 5.88 Å². The second kappa shape index (κ2) is 7.84. The third-order valence-electron chi connectivity index (χ3n) is 7.13. The Morgan fingerprint density at radius 3 is 2.77 bits per heavy atom. The molecule has 1 atom stereocenters. The van der Waals surface area contributed by atoms with Crippen molar-refractivity contribution in [3.05, 3.63) is 58.6 Å². The number of pyridine rings is 1. The van der Waals surface area contributed by atoms with E-state index in [1.807, 2.05) is 6.07 Å². The van der Waals surface area contributed by atoms with Gasteiger partial charge in [-0.05, 0) is 41.9 Å². The molecule has 0 radical (unpaired) electrons. The summed E-state index contributed by atoms with van der Waals surface area (Å²) >= 11 is 6.71. The van der Waals surface area contributed by atoms with Crippen molar-refractivity contribution in [1.82, 2.24) is 10.4 Å². The van der Waals surface area contributed by atoms with Gasteiger partial charge in [0, 0.05) is 43.2 Å².